The Kier molecular flexibility index (Phi) is 4.68. The molecule has 1 aromatic rings. The molecule has 0 amide bonds. The maximum absolute atomic E-state index is 12.7. The van der Waals surface area contributed by atoms with Crippen LogP contribution in [-0.2, 0) is 20.2 Å². The zero-order valence-electron chi connectivity index (χ0n) is 13.0. The Hall–Kier alpha value is -0.960. The van der Waals surface area contributed by atoms with Crippen molar-refractivity contribution < 1.29 is 23.1 Å². The first-order valence-electron chi connectivity index (χ1n) is 7.04. The van der Waals surface area contributed by atoms with Crippen LogP contribution in [0, 0.1) is 0 Å². The smallest absolute Gasteiger partial charge is 0.345 e. The van der Waals surface area contributed by atoms with E-state index in [4.69, 9.17) is 9.84 Å². The number of nitrogens with one attached hydrogen (secondary N) is 1. The first kappa shape index (κ1) is 17.4. The summed E-state index contributed by atoms with van der Waals surface area (Å²) in [4.78, 5) is 11.8. The van der Waals surface area contributed by atoms with Gasteiger partial charge in [-0.2, -0.15) is 0 Å². The zero-order chi connectivity index (χ0) is 16.7. The van der Waals surface area contributed by atoms with Gasteiger partial charge in [-0.15, -0.1) is 11.3 Å². The number of hydrogen-bond donors (Lipinski definition) is 2. The molecule has 2 N–H and O–H groups in total. The Morgan fingerprint density at radius 2 is 2.09 bits per heavy atom. The Bertz CT molecular complexity index is 672. The molecule has 0 saturated carbocycles. The Morgan fingerprint density at radius 1 is 1.45 bits per heavy atom. The number of aromatic carboxylic acids is 1. The molecule has 2 atom stereocenters. The topological polar surface area (TPSA) is 92.7 Å². The lowest BCUT2D eigenvalue weighted by Crippen LogP contribution is -2.39. The van der Waals surface area contributed by atoms with E-state index in [0.717, 1.165) is 11.3 Å². The van der Waals surface area contributed by atoms with E-state index in [1.54, 1.807) is 0 Å². The highest BCUT2D eigenvalue weighted by Crippen LogP contribution is 2.36. The number of carbonyl (C=O) groups is 1. The molecule has 0 bridgehead atoms. The van der Waals surface area contributed by atoms with Crippen LogP contribution in [0.4, 0.5) is 0 Å². The van der Waals surface area contributed by atoms with Crippen LogP contribution < -0.4 is 4.72 Å². The van der Waals surface area contributed by atoms with E-state index in [1.165, 1.54) is 6.07 Å². The van der Waals surface area contributed by atoms with Crippen molar-refractivity contribution in [3.63, 3.8) is 0 Å². The highest BCUT2D eigenvalue weighted by atomic mass is 32.2. The van der Waals surface area contributed by atoms with Gasteiger partial charge in [0, 0.05) is 11.5 Å². The fourth-order valence-corrected chi connectivity index (χ4v) is 5.49. The molecule has 0 aliphatic carbocycles. The molecule has 0 aromatic carbocycles. The van der Waals surface area contributed by atoms with E-state index in [1.807, 2.05) is 27.7 Å². The van der Waals surface area contributed by atoms with Crippen molar-refractivity contribution in [2.45, 2.75) is 56.6 Å². The predicted molar refractivity (Wildman–Crippen MR) is 84.1 cm³/mol. The summed E-state index contributed by atoms with van der Waals surface area (Å²) in [6, 6.07) is 0.960. The number of sulfonamides is 1. The van der Waals surface area contributed by atoms with Crippen LogP contribution in [-0.4, -0.2) is 38.2 Å². The van der Waals surface area contributed by atoms with E-state index >= 15 is 0 Å². The van der Waals surface area contributed by atoms with Crippen LogP contribution in [0.5, 0.6) is 0 Å². The SMILES string of the molecule is C[C@@H]1OCC[C@@H]1NS(=O)(=O)c1cc(C(=O)O)sc1C(C)(C)C. The van der Waals surface area contributed by atoms with Crippen molar-refractivity contribution in [3.05, 3.63) is 15.8 Å². The molecule has 1 fully saturated rings. The average Bonchev–Trinajstić information content (AvgIpc) is 2.96. The Balaban J connectivity index is 2.43. The molecule has 1 aliphatic heterocycles. The second-order valence-corrected chi connectivity index (χ2v) is 9.19. The van der Waals surface area contributed by atoms with Gasteiger partial charge in [-0.1, -0.05) is 20.8 Å². The van der Waals surface area contributed by atoms with Crippen molar-refractivity contribution >= 4 is 27.3 Å². The molecule has 2 rings (SSSR count). The van der Waals surface area contributed by atoms with Crippen molar-refractivity contribution in [2.75, 3.05) is 6.61 Å². The summed E-state index contributed by atoms with van der Waals surface area (Å²) in [6.45, 7) is 7.94. The number of hydrogen-bond acceptors (Lipinski definition) is 5. The summed E-state index contributed by atoms with van der Waals surface area (Å²) in [7, 11) is -3.79. The van der Waals surface area contributed by atoms with Gasteiger partial charge in [0.15, 0.2) is 0 Å². The van der Waals surface area contributed by atoms with Crippen molar-refractivity contribution in [2.24, 2.45) is 0 Å². The minimum Gasteiger partial charge on any atom is -0.477 e. The summed E-state index contributed by atoms with van der Waals surface area (Å²) in [6.07, 6.45) is 0.423. The molecule has 1 saturated heterocycles. The molecule has 124 valence electrons. The second kappa shape index (κ2) is 5.92. The van der Waals surface area contributed by atoms with Gasteiger partial charge in [0.05, 0.1) is 17.0 Å². The summed E-state index contributed by atoms with van der Waals surface area (Å²) in [5, 5.41) is 9.16. The molecule has 1 aliphatic rings. The Morgan fingerprint density at radius 3 is 2.55 bits per heavy atom. The summed E-state index contributed by atoms with van der Waals surface area (Å²) in [5.74, 6) is -1.12. The Labute approximate surface area is 134 Å². The lowest BCUT2D eigenvalue weighted by Gasteiger charge is -2.21. The fourth-order valence-electron chi connectivity index (χ4n) is 2.35. The van der Waals surface area contributed by atoms with Crippen LogP contribution in [0.15, 0.2) is 11.0 Å². The summed E-state index contributed by atoms with van der Waals surface area (Å²) in [5.41, 5.74) is -0.458. The minimum atomic E-state index is -3.79. The van der Waals surface area contributed by atoms with Gasteiger partial charge in [-0.25, -0.2) is 17.9 Å². The van der Waals surface area contributed by atoms with Gasteiger partial charge in [0.1, 0.15) is 4.88 Å². The van der Waals surface area contributed by atoms with Crippen LogP contribution >= 0.6 is 11.3 Å². The third-order valence-electron chi connectivity index (χ3n) is 3.56. The number of ether oxygens (including phenoxy) is 1. The maximum atomic E-state index is 12.7. The highest BCUT2D eigenvalue weighted by molar-refractivity contribution is 7.89. The molecule has 1 aromatic heterocycles. The molecule has 0 radical (unpaired) electrons. The molecule has 0 unspecified atom stereocenters. The molecule has 6 nitrogen and oxygen atoms in total. The summed E-state index contributed by atoms with van der Waals surface area (Å²) < 4.78 is 33.4. The standard InChI is InChI=1S/C14H21NO5S2/c1-8-9(5-6-20-8)15-22(18,19)11-7-10(13(16)17)21-12(11)14(2,3)4/h7-9,15H,5-6H2,1-4H3,(H,16,17)/t8-,9-/m0/s1. The molecular formula is C14H21NO5S2. The highest BCUT2D eigenvalue weighted by Gasteiger charge is 2.34. The van der Waals surface area contributed by atoms with E-state index in [-0.39, 0.29) is 21.9 Å². The number of thiophene rings is 1. The molecule has 2 heterocycles. The van der Waals surface area contributed by atoms with E-state index in [0.29, 0.717) is 17.9 Å². The van der Waals surface area contributed by atoms with Crippen molar-refractivity contribution in [3.8, 4) is 0 Å². The zero-order valence-corrected chi connectivity index (χ0v) is 14.7. The maximum Gasteiger partial charge on any atom is 0.345 e. The molecule has 0 spiro atoms. The van der Waals surface area contributed by atoms with E-state index in [2.05, 4.69) is 4.72 Å². The largest absolute Gasteiger partial charge is 0.477 e. The van der Waals surface area contributed by atoms with Gasteiger partial charge in [0.2, 0.25) is 10.0 Å². The number of carboxylic acids is 1. The molecule has 8 heteroatoms. The number of carboxylic acid groups (broad SMARTS) is 1. The fraction of sp³-hybridized carbons (Fsp3) is 0.643. The first-order valence-corrected chi connectivity index (χ1v) is 9.34. The van der Waals surface area contributed by atoms with E-state index < -0.39 is 21.4 Å². The summed E-state index contributed by atoms with van der Waals surface area (Å²) >= 11 is 1.01. The normalized spacial score (nSPS) is 22.9. The van der Waals surface area contributed by atoms with Gasteiger partial charge < -0.3 is 9.84 Å². The second-order valence-electron chi connectivity index (χ2n) is 6.45. The van der Waals surface area contributed by atoms with Crippen molar-refractivity contribution in [1.82, 2.24) is 4.72 Å². The quantitative estimate of drug-likeness (QED) is 0.871. The lowest BCUT2D eigenvalue weighted by atomic mass is 9.95. The minimum absolute atomic E-state index is 0.0287. The number of rotatable bonds is 4. The molecular weight excluding hydrogens is 326 g/mol. The van der Waals surface area contributed by atoms with Crippen LogP contribution in [0.25, 0.3) is 0 Å². The monoisotopic (exact) mass is 347 g/mol. The van der Waals surface area contributed by atoms with Crippen molar-refractivity contribution in [1.29, 1.82) is 0 Å². The van der Waals surface area contributed by atoms with E-state index in [9.17, 15) is 13.2 Å². The van der Waals surface area contributed by atoms with Crippen LogP contribution in [0.1, 0.15) is 48.7 Å². The van der Waals surface area contributed by atoms with Crippen LogP contribution in [0.3, 0.4) is 0 Å². The van der Waals surface area contributed by atoms with Gasteiger partial charge in [-0.3, -0.25) is 0 Å². The van der Waals surface area contributed by atoms with Gasteiger partial charge in [-0.05, 0) is 24.8 Å². The third-order valence-corrected chi connectivity index (χ3v) is 6.75. The average molecular weight is 347 g/mol. The lowest BCUT2D eigenvalue weighted by molar-refractivity contribution is 0.0702. The predicted octanol–water partition coefficient (Wildman–Crippen LogP) is 2.20. The third kappa shape index (κ3) is 3.51. The van der Waals surface area contributed by atoms with Gasteiger partial charge >= 0.3 is 5.97 Å². The van der Waals surface area contributed by atoms with Gasteiger partial charge in [0.25, 0.3) is 0 Å². The molecule has 22 heavy (non-hydrogen) atoms. The van der Waals surface area contributed by atoms with Crippen LogP contribution in [0.2, 0.25) is 0 Å². The first-order chi connectivity index (χ1) is 10.0.